The highest BCUT2D eigenvalue weighted by molar-refractivity contribution is 6.05. The first-order valence-electron chi connectivity index (χ1n) is 8.77. The molecule has 0 aliphatic heterocycles. The number of carbonyl (C=O) groups is 2. The topological polar surface area (TPSA) is 70.2 Å². The molecule has 142 valence electrons. The van der Waals surface area contributed by atoms with Crippen LogP contribution in [-0.2, 0) is 4.79 Å². The van der Waals surface area contributed by atoms with E-state index < -0.39 is 0 Å². The monoisotopic (exact) mass is 377 g/mol. The first-order valence-corrected chi connectivity index (χ1v) is 8.77. The molecule has 0 unspecified atom stereocenters. The van der Waals surface area contributed by atoms with Crippen molar-refractivity contribution in [3.8, 4) is 0 Å². The molecule has 28 heavy (non-hydrogen) atoms. The van der Waals surface area contributed by atoms with E-state index in [1.807, 2.05) is 43.3 Å². The summed E-state index contributed by atoms with van der Waals surface area (Å²) in [6.07, 6.45) is 0. The molecule has 3 aromatic carbocycles. The van der Waals surface area contributed by atoms with E-state index in [2.05, 4.69) is 16.0 Å². The van der Waals surface area contributed by atoms with Gasteiger partial charge in [0.2, 0.25) is 5.91 Å². The second-order valence-electron chi connectivity index (χ2n) is 6.26. The molecule has 3 aromatic rings. The van der Waals surface area contributed by atoms with Crippen molar-refractivity contribution >= 4 is 28.9 Å². The van der Waals surface area contributed by atoms with Crippen LogP contribution in [0.3, 0.4) is 0 Å². The third kappa shape index (κ3) is 5.17. The predicted octanol–water partition coefficient (Wildman–Crippen LogP) is 4.44. The minimum atomic E-state index is -0.364. The molecule has 2 amide bonds. The Morgan fingerprint density at radius 1 is 0.857 bits per heavy atom. The first-order chi connectivity index (χ1) is 13.5. The van der Waals surface area contributed by atoms with Crippen molar-refractivity contribution in [3.05, 3.63) is 89.7 Å². The van der Waals surface area contributed by atoms with Crippen molar-refractivity contribution < 1.29 is 14.0 Å². The van der Waals surface area contributed by atoms with Crippen LogP contribution in [0.25, 0.3) is 0 Å². The van der Waals surface area contributed by atoms with Crippen LogP contribution in [0.5, 0.6) is 0 Å². The van der Waals surface area contributed by atoms with Gasteiger partial charge in [-0.2, -0.15) is 0 Å². The van der Waals surface area contributed by atoms with E-state index in [1.54, 1.807) is 12.1 Å². The molecule has 0 bridgehead atoms. The molecule has 3 rings (SSSR count). The molecule has 0 saturated heterocycles. The number of hydrogen-bond acceptors (Lipinski definition) is 3. The van der Waals surface area contributed by atoms with Gasteiger partial charge in [0.15, 0.2) is 0 Å². The van der Waals surface area contributed by atoms with Crippen molar-refractivity contribution in [2.75, 3.05) is 22.5 Å². The number of nitrogens with one attached hydrogen (secondary N) is 3. The fraction of sp³-hybridized carbons (Fsp3) is 0.0909. The maximum absolute atomic E-state index is 12.9. The van der Waals surface area contributed by atoms with Crippen LogP contribution in [0.2, 0.25) is 0 Å². The Balaban J connectivity index is 1.62. The van der Waals surface area contributed by atoms with E-state index in [-0.39, 0.29) is 24.2 Å². The van der Waals surface area contributed by atoms with Crippen molar-refractivity contribution in [1.29, 1.82) is 0 Å². The highest BCUT2D eigenvalue weighted by Gasteiger charge is 2.10. The van der Waals surface area contributed by atoms with Crippen molar-refractivity contribution in [2.45, 2.75) is 6.92 Å². The van der Waals surface area contributed by atoms with Gasteiger partial charge in [0.05, 0.1) is 6.54 Å². The van der Waals surface area contributed by atoms with Gasteiger partial charge in [0.1, 0.15) is 5.82 Å². The van der Waals surface area contributed by atoms with Crippen LogP contribution in [0, 0.1) is 12.7 Å². The average Bonchev–Trinajstić information content (AvgIpc) is 2.70. The third-order valence-corrected chi connectivity index (χ3v) is 4.10. The van der Waals surface area contributed by atoms with Gasteiger partial charge in [-0.15, -0.1) is 0 Å². The highest BCUT2D eigenvalue weighted by Crippen LogP contribution is 2.18. The molecule has 0 aliphatic carbocycles. The van der Waals surface area contributed by atoms with Crippen molar-refractivity contribution in [1.82, 2.24) is 0 Å². The molecular weight excluding hydrogens is 357 g/mol. The van der Waals surface area contributed by atoms with Crippen LogP contribution in [-0.4, -0.2) is 18.4 Å². The summed E-state index contributed by atoms with van der Waals surface area (Å²) >= 11 is 0. The highest BCUT2D eigenvalue weighted by atomic mass is 19.1. The quantitative estimate of drug-likeness (QED) is 0.595. The summed E-state index contributed by atoms with van der Waals surface area (Å²) in [5, 5.41) is 8.55. The zero-order chi connectivity index (χ0) is 19.9. The van der Waals surface area contributed by atoms with Gasteiger partial charge in [0, 0.05) is 22.6 Å². The van der Waals surface area contributed by atoms with E-state index in [0.717, 1.165) is 5.56 Å². The summed E-state index contributed by atoms with van der Waals surface area (Å²) in [5.74, 6) is -0.868. The Morgan fingerprint density at radius 3 is 2.25 bits per heavy atom. The lowest BCUT2D eigenvalue weighted by atomic mass is 10.1. The maximum Gasteiger partial charge on any atom is 0.255 e. The molecule has 6 heteroatoms. The molecule has 0 heterocycles. The van der Waals surface area contributed by atoms with E-state index in [0.29, 0.717) is 22.6 Å². The summed E-state index contributed by atoms with van der Waals surface area (Å²) in [6.45, 7) is 1.90. The van der Waals surface area contributed by atoms with Crippen LogP contribution < -0.4 is 16.0 Å². The lowest BCUT2D eigenvalue weighted by molar-refractivity contribution is -0.114. The fourth-order valence-corrected chi connectivity index (χ4v) is 2.59. The molecule has 0 fully saturated rings. The van der Waals surface area contributed by atoms with E-state index in [4.69, 9.17) is 0 Å². The van der Waals surface area contributed by atoms with Gasteiger partial charge in [-0.3, -0.25) is 9.59 Å². The second-order valence-corrected chi connectivity index (χ2v) is 6.26. The van der Waals surface area contributed by atoms with Gasteiger partial charge in [-0.05, 0) is 61.0 Å². The number of rotatable bonds is 6. The largest absolute Gasteiger partial charge is 0.376 e. The summed E-state index contributed by atoms with van der Waals surface area (Å²) in [6, 6.07) is 20.0. The zero-order valence-corrected chi connectivity index (χ0v) is 15.3. The zero-order valence-electron chi connectivity index (χ0n) is 15.3. The Hall–Kier alpha value is -3.67. The Morgan fingerprint density at radius 2 is 1.54 bits per heavy atom. The SMILES string of the molecule is Cc1ccc(C(=O)Nc2ccccc2)cc1NCC(=O)Nc1ccc(F)cc1. The Bertz CT molecular complexity index is 973. The number of anilines is 3. The summed E-state index contributed by atoms with van der Waals surface area (Å²) < 4.78 is 12.9. The lowest BCUT2D eigenvalue weighted by Crippen LogP contribution is -2.22. The van der Waals surface area contributed by atoms with E-state index in [9.17, 15) is 14.0 Å². The number of hydrogen-bond donors (Lipinski definition) is 3. The standard InChI is InChI=1S/C22H20FN3O2/c1-15-7-8-16(22(28)26-18-5-3-2-4-6-18)13-20(15)24-14-21(27)25-19-11-9-17(23)10-12-19/h2-13,24H,14H2,1H3,(H,25,27)(H,26,28). The fourth-order valence-electron chi connectivity index (χ4n) is 2.59. The van der Waals surface area contributed by atoms with Gasteiger partial charge < -0.3 is 16.0 Å². The number of carbonyl (C=O) groups excluding carboxylic acids is 2. The summed E-state index contributed by atoms with van der Waals surface area (Å²) in [7, 11) is 0. The smallest absolute Gasteiger partial charge is 0.255 e. The molecular formula is C22H20FN3O2. The number of para-hydroxylation sites is 1. The van der Waals surface area contributed by atoms with E-state index >= 15 is 0 Å². The maximum atomic E-state index is 12.9. The molecule has 0 aliphatic rings. The Kier molecular flexibility index (Phi) is 6.01. The third-order valence-electron chi connectivity index (χ3n) is 4.10. The van der Waals surface area contributed by atoms with Crippen LogP contribution in [0.15, 0.2) is 72.8 Å². The van der Waals surface area contributed by atoms with Gasteiger partial charge >= 0.3 is 0 Å². The van der Waals surface area contributed by atoms with Crippen LogP contribution >= 0.6 is 0 Å². The number of aryl methyl sites for hydroxylation is 1. The minimum Gasteiger partial charge on any atom is -0.376 e. The number of benzene rings is 3. The van der Waals surface area contributed by atoms with Crippen LogP contribution in [0.4, 0.5) is 21.5 Å². The Labute approximate surface area is 162 Å². The molecule has 5 nitrogen and oxygen atoms in total. The lowest BCUT2D eigenvalue weighted by Gasteiger charge is -2.12. The van der Waals surface area contributed by atoms with Gasteiger partial charge in [-0.1, -0.05) is 24.3 Å². The number of amides is 2. The molecule has 0 atom stereocenters. The van der Waals surface area contributed by atoms with Crippen molar-refractivity contribution in [3.63, 3.8) is 0 Å². The predicted molar refractivity (Wildman–Crippen MR) is 109 cm³/mol. The number of halogens is 1. The normalized spacial score (nSPS) is 10.2. The molecule has 0 spiro atoms. The molecule has 0 saturated carbocycles. The molecule has 0 radical (unpaired) electrons. The summed E-state index contributed by atoms with van der Waals surface area (Å²) in [5.41, 5.74) is 3.30. The first kappa shape index (κ1) is 19.1. The van der Waals surface area contributed by atoms with Gasteiger partial charge in [0.25, 0.3) is 5.91 Å². The summed E-state index contributed by atoms with van der Waals surface area (Å²) in [4.78, 5) is 24.5. The molecule has 0 aromatic heterocycles. The van der Waals surface area contributed by atoms with Crippen LogP contribution in [0.1, 0.15) is 15.9 Å². The van der Waals surface area contributed by atoms with Gasteiger partial charge in [-0.25, -0.2) is 4.39 Å². The average molecular weight is 377 g/mol. The minimum absolute atomic E-state index is 0.0158. The van der Waals surface area contributed by atoms with Crippen molar-refractivity contribution in [2.24, 2.45) is 0 Å². The second kappa shape index (κ2) is 8.81. The van der Waals surface area contributed by atoms with E-state index in [1.165, 1.54) is 24.3 Å². The molecule has 3 N–H and O–H groups in total.